The lowest BCUT2D eigenvalue weighted by atomic mass is 10.2. The molecule has 2 aromatic rings. The summed E-state index contributed by atoms with van der Waals surface area (Å²) in [6.45, 7) is 4.37. The number of aryl methyl sites for hydroxylation is 1. The van der Waals surface area contributed by atoms with E-state index in [2.05, 4.69) is 26.0 Å². The fraction of sp³-hybridized carbons (Fsp3) is 0.333. The van der Waals surface area contributed by atoms with Gasteiger partial charge in [-0.25, -0.2) is 9.66 Å². The summed E-state index contributed by atoms with van der Waals surface area (Å²) in [6.07, 6.45) is 3.39. The smallest absolute Gasteiger partial charge is 0.221 e. The van der Waals surface area contributed by atoms with Crippen LogP contribution in [0.25, 0.3) is 0 Å². The summed E-state index contributed by atoms with van der Waals surface area (Å²) in [7, 11) is 0. The molecule has 7 nitrogen and oxygen atoms in total. The third-order valence-corrected chi connectivity index (χ3v) is 3.55. The number of nitrogen functional groups attached to an aromatic ring is 1. The Labute approximate surface area is 142 Å². The van der Waals surface area contributed by atoms with Crippen LogP contribution in [0.15, 0.2) is 27.9 Å². The topological polar surface area (TPSA) is 94.9 Å². The Balaban J connectivity index is 2.31. The summed E-state index contributed by atoms with van der Waals surface area (Å²) < 4.78 is 13.3. The highest BCUT2D eigenvalue weighted by molar-refractivity contribution is 9.10. The van der Waals surface area contributed by atoms with E-state index in [9.17, 15) is 0 Å². The van der Waals surface area contributed by atoms with Crippen molar-refractivity contribution < 1.29 is 14.6 Å². The minimum Gasteiger partial charge on any atom is -0.490 e. The number of hydrogen-bond donors (Lipinski definition) is 2. The van der Waals surface area contributed by atoms with Crippen molar-refractivity contribution in [1.29, 1.82) is 0 Å². The van der Waals surface area contributed by atoms with Gasteiger partial charge in [-0.05, 0) is 41.9 Å². The minimum atomic E-state index is -0.0638. The molecule has 0 aliphatic rings. The second kappa shape index (κ2) is 7.98. The maximum absolute atomic E-state index is 8.89. The van der Waals surface area contributed by atoms with E-state index in [-0.39, 0.29) is 13.2 Å². The van der Waals surface area contributed by atoms with Crippen molar-refractivity contribution in [2.45, 2.75) is 13.8 Å². The summed E-state index contributed by atoms with van der Waals surface area (Å²) in [4.78, 5) is 4.09. The number of aromatic nitrogens is 2. The summed E-state index contributed by atoms with van der Waals surface area (Å²) in [5, 5.41) is 13.2. The number of halogens is 1. The van der Waals surface area contributed by atoms with Gasteiger partial charge in [-0.3, -0.25) is 0 Å². The number of aliphatic hydroxyl groups is 1. The monoisotopic (exact) mass is 382 g/mol. The normalized spacial score (nSPS) is 11.1. The first-order valence-corrected chi connectivity index (χ1v) is 7.90. The van der Waals surface area contributed by atoms with Gasteiger partial charge in [0.05, 0.1) is 31.3 Å². The molecule has 0 fully saturated rings. The molecule has 0 saturated heterocycles. The summed E-state index contributed by atoms with van der Waals surface area (Å²) in [5.74, 6) is 1.46. The molecular formula is C15H19BrN4O3. The van der Waals surface area contributed by atoms with Gasteiger partial charge in [0.2, 0.25) is 5.95 Å². The van der Waals surface area contributed by atoms with Crippen molar-refractivity contribution in [2.75, 3.05) is 25.6 Å². The fourth-order valence-electron chi connectivity index (χ4n) is 1.91. The number of rotatable bonds is 7. The Hall–Kier alpha value is -2.06. The molecule has 3 N–H and O–H groups in total. The third kappa shape index (κ3) is 4.46. The van der Waals surface area contributed by atoms with Crippen molar-refractivity contribution in [3.8, 4) is 11.5 Å². The quantitative estimate of drug-likeness (QED) is 0.715. The molecule has 1 aromatic heterocycles. The predicted octanol–water partition coefficient (Wildman–Crippen LogP) is 2.19. The molecule has 0 aliphatic carbocycles. The number of aliphatic hydroxyl groups excluding tert-OH is 1. The average Bonchev–Trinajstić information content (AvgIpc) is 2.83. The van der Waals surface area contributed by atoms with Crippen LogP contribution in [0.2, 0.25) is 0 Å². The molecule has 124 valence electrons. The Bertz CT molecular complexity index is 700. The van der Waals surface area contributed by atoms with E-state index >= 15 is 0 Å². The van der Waals surface area contributed by atoms with Crippen LogP contribution >= 0.6 is 15.9 Å². The highest BCUT2D eigenvalue weighted by atomic mass is 79.9. The molecule has 0 aliphatic heterocycles. The van der Waals surface area contributed by atoms with Crippen LogP contribution < -0.4 is 15.2 Å². The van der Waals surface area contributed by atoms with Gasteiger partial charge in [0.1, 0.15) is 6.61 Å². The lowest BCUT2D eigenvalue weighted by molar-refractivity contribution is 0.194. The Morgan fingerprint density at radius 3 is 2.74 bits per heavy atom. The van der Waals surface area contributed by atoms with E-state index < -0.39 is 0 Å². The zero-order valence-corrected chi connectivity index (χ0v) is 14.6. The third-order valence-electron chi connectivity index (χ3n) is 2.87. The van der Waals surface area contributed by atoms with Crippen molar-refractivity contribution in [3.63, 3.8) is 0 Å². The van der Waals surface area contributed by atoms with Gasteiger partial charge in [0.15, 0.2) is 11.5 Å². The van der Waals surface area contributed by atoms with Gasteiger partial charge >= 0.3 is 0 Å². The van der Waals surface area contributed by atoms with Crippen LogP contribution in [-0.2, 0) is 0 Å². The van der Waals surface area contributed by atoms with Gasteiger partial charge in [0.25, 0.3) is 0 Å². The maximum Gasteiger partial charge on any atom is 0.221 e. The second-order valence-electron chi connectivity index (χ2n) is 4.66. The first-order chi connectivity index (χ1) is 11.0. The molecule has 0 spiro atoms. The Morgan fingerprint density at radius 1 is 1.39 bits per heavy atom. The predicted molar refractivity (Wildman–Crippen MR) is 92.3 cm³/mol. The fourth-order valence-corrected chi connectivity index (χ4v) is 2.33. The van der Waals surface area contributed by atoms with E-state index in [0.29, 0.717) is 24.1 Å². The summed E-state index contributed by atoms with van der Waals surface area (Å²) in [5.41, 5.74) is 7.35. The SMILES string of the molecule is CCOc1cc(C=Nn2cc(C)nc2N)c(Br)cc1OCCO. The van der Waals surface area contributed by atoms with E-state index in [1.54, 1.807) is 18.5 Å². The van der Waals surface area contributed by atoms with Crippen molar-refractivity contribution in [3.05, 3.63) is 34.1 Å². The first kappa shape index (κ1) is 17.3. The number of benzene rings is 1. The minimum absolute atomic E-state index is 0.0638. The maximum atomic E-state index is 8.89. The van der Waals surface area contributed by atoms with Crippen LogP contribution in [-0.4, -0.2) is 40.8 Å². The Kier molecular flexibility index (Phi) is 6.00. The molecule has 0 radical (unpaired) electrons. The van der Waals surface area contributed by atoms with Crippen LogP contribution in [0.3, 0.4) is 0 Å². The van der Waals surface area contributed by atoms with Gasteiger partial charge in [0, 0.05) is 10.0 Å². The molecule has 0 bridgehead atoms. The molecular weight excluding hydrogens is 364 g/mol. The zero-order valence-electron chi connectivity index (χ0n) is 13.0. The zero-order chi connectivity index (χ0) is 16.8. The van der Waals surface area contributed by atoms with Crippen molar-refractivity contribution in [2.24, 2.45) is 5.10 Å². The van der Waals surface area contributed by atoms with Crippen molar-refractivity contribution >= 4 is 28.1 Å². The Morgan fingerprint density at radius 2 is 2.13 bits per heavy atom. The standard InChI is InChI=1S/C15H19BrN4O3/c1-3-22-13-6-11(12(16)7-14(13)23-5-4-21)8-18-20-9-10(2)19-15(20)17/h6-9,21H,3-5H2,1-2H3,(H2,17,19). The second-order valence-corrected chi connectivity index (χ2v) is 5.51. The average molecular weight is 383 g/mol. The van der Waals surface area contributed by atoms with E-state index in [1.807, 2.05) is 19.9 Å². The molecule has 1 aromatic carbocycles. The molecule has 2 rings (SSSR count). The first-order valence-electron chi connectivity index (χ1n) is 7.11. The van der Waals surface area contributed by atoms with Gasteiger partial charge < -0.3 is 20.3 Å². The largest absolute Gasteiger partial charge is 0.490 e. The van der Waals surface area contributed by atoms with Crippen LogP contribution in [0.1, 0.15) is 18.2 Å². The number of nitrogens with two attached hydrogens (primary N) is 1. The molecule has 8 heteroatoms. The van der Waals surface area contributed by atoms with Crippen LogP contribution in [0, 0.1) is 6.92 Å². The summed E-state index contributed by atoms with van der Waals surface area (Å²) in [6, 6.07) is 3.59. The van der Waals surface area contributed by atoms with Crippen LogP contribution in [0.5, 0.6) is 11.5 Å². The number of hydrogen-bond acceptors (Lipinski definition) is 6. The number of anilines is 1. The van der Waals surface area contributed by atoms with E-state index in [0.717, 1.165) is 15.7 Å². The van der Waals surface area contributed by atoms with E-state index in [1.165, 1.54) is 4.68 Å². The van der Waals surface area contributed by atoms with Crippen molar-refractivity contribution in [1.82, 2.24) is 9.66 Å². The van der Waals surface area contributed by atoms with Gasteiger partial charge in [-0.2, -0.15) is 5.10 Å². The lowest BCUT2D eigenvalue weighted by Gasteiger charge is -2.13. The van der Waals surface area contributed by atoms with Crippen LogP contribution in [0.4, 0.5) is 5.95 Å². The summed E-state index contributed by atoms with van der Waals surface area (Å²) >= 11 is 3.48. The highest BCUT2D eigenvalue weighted by Gasteiger charge is 2.10. The van der Waals surface area contributed by atoms with E-state index in [4.69, 9.17) is 20.3 Å². The molecule has 0 saturated carbocycles. The molecule has 23 heavy (non-hydrogen) atoms. The lowest BCUT2D eigenvalue weighted by Crippen LogP contribution is -2.05. The number of imidazole rings is 1. The molecule has 0 atom stereocenters. The number of ether oxygens (including phenoxy) is 2. The molecule has 0 amide bonds. The van der Waals surface area contributed by atoms with Gasteiger partial charge in [-0.15, -0.1) is 0 Å². The highest BCUT2D eigenvalue weighted by Crippen LogP contribution is 2.33. The molecule has 1 heterocycles. The number of nitrogens with zero attached hydrogens (tertiary/aromatic N) is 3. The molecule has 0 unspecified atom stereocenters. The van der Waals surface area contributed by atoms with Gasteiger partial charge in [-0.1, -0.05) is 0 Å².